The van der Waals surface area contributed by atoms with Gasteiger partial charge in [0.25, 0.3) is 5.91 Å². The van der Waals surface area contributed by atoms with Crippen LogP contribution in [0.3, 0.4) is 0 Å². The normalized spacial score (nSPS) is 11.5. The fraction of sp³-hybridized carbons (Fsp3) is 0.136. The number of ether oxygens (including phenoxy) is 1. The highest BCUT2D eigenvalue weighted by Crippen LogP contribution is 2.29. The van der Waals surface area contributed by atoms with E-state index in [0.29, 0.717) is 22.0 Å². The molecule has 2 aromatic carbocycles. The van der Waals surface area contributed by atoms with Gasteiger partial charge in [0, 0.05) is 10.6 Å². The zero-order valence-corrected chi connectivity index (χ0v) is 16.4. The minimum atomic E-state index is -1.05. The smallest absolute Gasteiger partial charge is 0.305 e. The summed E-state index contributed by atoms with van der Waals surface area (Å²) in [7, 11) is 1.53. The molecule has 7 heteroatoms. The van der Waals surface area contributed by atoms with E-state index in [4.69, 9.17) is 16.3 Å². The maximum Gasteiger partial charge on any atom is 0.305 e. The Labute approximate surface area is 173 Å². The third kappa shape index (κ3) is 4.92. The van der Waals surface area contributed by atoms with Crippen LogP contribution in [-0.2, 0) is 4.79 Å². The summed E-state index contributed by atoms with van der Waals surface area (Å²) in [6, 6.07) is 18.6. The Morgan fingerprint density at radius 1 is 1.07 bits per heavy atom. The highest BCUT2D eigenvalue weighted by Gasteiger charge is 2.22. The molecule has 0 saturated carbocycles. The monoisotopic (exact) mass is 410 g/mol. The van der Waals surface area contributed by atoms with Crippen LogP contribution in [0, 0.1) is 0 Å². The van der Waals surface area contributed by atoms with Crippen LogP contribution in [0.15, 0.2) is 66.7 Å². The lowest BCUT2D eigenvalue weighted by molar-refractivity contribution is -0.137. The number of nitrogens with zero attached hydrogens (tertiary/aromatic N) is 1. The second kappa shape index (κ2) is 9.21. The lowest BCUT2D eigenvalue weighted by Crippen LogP contribution is -2.31. The number of carboxylic acids is 1. The molecule has 0 unspecified atom stereocenters. The third-order valence-corrected chi connectivity index (χ3v) is 4.67. The van der Waals surface area contributed by atoms with Crippen LogP contribution in [0.5, 0.6) is 5.75 Å². The molecule has 2 N–H and O–H groups in total. The number of rotatable bonds is 7. The number of carbonyl (C=O) groups is 2. The Kier molecular flexibility index (Phi) is 6.46. The lowest BCUT2D eigenvalue weighted by atomic mass is 10.0. The molecule has 1 amide bonds. The summed E-state index contributed by atoms with van der Waals surface area (Å²) in [5.74, 6) is -1.03. The molecule has 0 aliphatic carbocycles. The highest BCUT2D eigenvalue weighted by atomic mass is 35.5. The zero-order chi connectivity index (χ0) is 20.8. The number of carbonyl (C=O) groups excluding carboxylic acids is 1. The van der Waals surface area contributed by atoms with Crippen molar-refractivity contribution >= 4 is 23.5 Å². The Morgan fingerprint density at radius 2 is 1.76 bits per heavy atom. The van der Waals surface area contributed by atoms with Gasteiger partial charge in [-0.25, -0.2) is 4.98 Å². The van der Waals surface area contributed by atoms with Crippen molar-refractivity contribution in [2.75, 3.05) is 7.11 Å². The minimum absolute atomic E-state index is 0.145. The van der Waals surface area contributed by atoms with Crippen molar-refractivity contribution < 1.29 is 19.4 Å². The van der Waals surface area contributed by atoms with Crippen LogP contribution < -0.4 is 10.1 Å². The van der Waals surface area contributed by atoms with Crippen molar-refractivity contribution in [3.63, 3.8) is 0 Å². The molecule has 0 spiro atoms. The molecule has 1 aromatic heterocycles. The molecule has 0 aliphatic heterocycles. The molecule has 0 saturated heterocycles. The Morgan fingerprint density at radius 3 is 2.41 bits per heavy atom. The predicted octanol–water partition coefficient (Wildman–Crippen LogP) is 4.36. The Hall–Kier alpha value is -3.38. The summed E-state index contributed by atoms with van der Waals surface area (Å²) >= 11 is 6.20. The first-order chi connectivity index (χ1) is 14.0. The Balaban J connectivity index is 1.92. The number of pyridine rings is 1. The summed E-state index contributed by atoms with van der Waals surface area (Å²) < 4.78 is 5.36. The largest absolute Gasteiger partial charge is 0.494 e. The van der Waals surface area contributed by atoms with E-state index in [1.165, 1.54) is 13.2 Å². The molecule has 0 radical (unpaired) electrons. The van der Waals surface area contributed by atoms with Gasteiger partial charge in [-0.05, 0) is 23.8 Å². The number of halogens is 1. The van der Waals surface area contributed by atoms with E-state index in [9.17, 15) is 14.7 Å². The number of methoxy groups -OCH3 is 1. The van der Waals surface area contributed by atoms with Crippen LogP contribution in [0.4, 0.5) is 0 Å². The molecule has 148 valence electrons. The Bertz CT molecular complexity index is 1020. The molecule has 1 heterocycles. The number of hydrogen-bond acceptors (Lipinski definition) is 4. The number of carboxylic acid groups (broad SMARTS) is 1. The molecule has 0 bridgehead atoms. The first-order valence-electron chi connectivity index (χ1n) is 8.87. The SMILES string of the molecule is COc1ccc(C(=O)N[C@@H](CC(=O)O)c2ccccc2Cl)nc1-c1ccccc1. The summed E-state index contributed by atoms with van der Waals surface area (Å²) in [6.45, 7) is 0. The van der Waals surface area contributed by atoms with E-state index in [1.54, 1.807) is 30.3 Å². The standard InChI is InChI=1S/C22H19ClN2O4/c1-29-19-12-11-17(24-21(19)14-7-3-2-4-8-14)22(28)25-18(13-20(26)27)15-9-5-6-10-16(15)23/h2-12,18H,13H2,1H3,(H,25,28)(H,26,27)/t18-/m0/s1. The van der Waals surface area contributed by atoms with E-state index in [-0.39, 0.29) is 12.1 Å². The molecule has 29 heavy (non-hydrogen) atoms. The number of aromatic nitrogens is 1. The van der Waals surface area contributed by atoms with E-state index in [2.05, 4.69) is 10.3 Å². The summed E-state index contributed by atoms with van der Waals surface area (Å²) in [5.41, 5.74) is 1.99. The molecule has 6 nitrogen and oxygen atoms in total. The fourth-order valence-electron chi connectivity index (χ4n) is 2.94. The molecule has 3 rings (SSSR count). The van der Waals surface area contributed by atoms with Crippen molar-refractivity contribution in [3.05, 3.63) is 83.0 Å². The summed E-state index contributed by atoms with van der Waals surface area (Å²) in [6.07, 6.45) is -0.308. The van der Waals surface area contributed by atoms with Crippen LogP contribution >= 0.6 is 11.6 Å². The predicted molar refractivity (Wildman–Crippen MR) is 110 cm³/mol. The maximum absolute atomic E-state index is 12.9. The topological polar surface area (TPSA) is 88.5 Å². The van der Waals surface area contributed by atoms with Gasteiger partial charge in [-0.15, -0.1) is 0 Å². The van der Waals surface area contributed by atoms with Gasteiger partial charge in [0.05, 0.1) is 19.6 Å². The van der Waals surface area contributed by atoms with Crippen molar-refractivity contribution in [1.29, 1.82) is 0 Å². The first kappa shape index (κ1) is 20.4. The van der Waals surface area contributed by atoms with Gasteiger partial charge >= 0.3 is 5.97 Å². The van der Waals surface area contributed by atoms with Crippen LogP contribution in [0.25, 0.3) is 11.3 Å². The number of benzene rings is 2. The van der Waals surface area contributed by atoms with Crippen LogP contribution in [-0.4, -0.2) is 29.1 Å². The van der Waals surface area contributed by atoms with Crippen LogP contribution in [0.2, 0.25) is 5.02 Å². The van der Waals surface area contributed by atoms with E-state index in [0.717, 1.165) is 5.56 Å². The molecular formula is C22H19ClN2O4. The van der Waals surface area contributed by atoms with Gasteiger partial charge in [0.15, 0.2) is 0 Å². The average molecular weight is 411 g/mol. The van der Waals surface area contributed by atoms with Gasteiger partial charge in [-0.3, -0.25) is 9.59 Å². The quantitative estimate of drug-likeness (QED) is 0.604. The highest BCUT2D eigenvalue weighted by molar-refractivity contribution is 6.31. The number of amides is 1. The molecule has 0 aliphatic rings. The van der Waals surface area contributed by atoms with Crippen molar-refractivity contribution in [1.82, 2.24) is 10.3 Å². The molecule has 0 fully saturated rings. The molecular weight excluding hydrogens is 392 g/mol. The van der Waals surface area contributed by atoms with Gasteiger partial charge in [0.1, 0.15) is 17.1 Å². The lowest BCUT2D eigenvalue weighted by Gasteiger charge is -2.19. The van der Waals surface area contributed by atoms with E-state index >= 15 is 0 Å². The average Bonchev–Trinajstić information content (AvgIpc) is 2.73. The van der Waals surface area contributed by atoms with Crippen molar-refractivity contribution in [3.8, 4) is 17.0 Å². The summed E-state index contributed by atoms with van der Waals surface area (Å²) in [4.78, 5) is 28.6. The van der Waals surface area contributed by atoms with E-state index < -0.39 is 17.9 Å². The molecule has 3 aromatic rings. The third-order valence-electron chi connectivity index (χ3n) is 4.32. The van der Waals surface area contributed by atoms with Gasteiger partial charge < -0.3 is 15.2 Å². The number of aliphatic carboxylic acids is 1. The van der Waals surface area contributed by atoms with Gasteiger partial charge in [0.2, 0.25) is 0 Å². The van der Waals surface area contributed by atoms with Crippen LogP contribution in [0.1, 0.15) is 28.5 Å². The second-order valence-corrected chi connectivity index (χ2v) is 6.67. The van der Waals surface area contributed by atoms with Gasteiger partial charge in [-0.2, -0.15) is 0 Å². The zero-order valence-electron chi connectivity index (χ0n) is 15.6. The molecule has 1 atom stereocenters. The minimum Gasteiger partial charge on any atom is -0.494 e. The number of nitrogens with one attached hydrogen (secondary N) is 1. The fourth-order valence-corrected chi connectivity index (χ4v) is 3.21. The summed E-state index contributed by atoms with van der Waals surface area (Å²) in [5, 5.41) is 12.4. The van der Waals surface area contributed by atoms with Crippen molar-refractivity contribution in [2.45, 2.75) is 12.5 Å². The maximum atomic E-state index is 12.9. The number of hydrogen-bond donors (Lipinski definition) is 2. The second-order valence-electron chi connectivity index (χ2n) is 6.26. The van der Waals surface area contributed by atoms with Gasteiger partial charge in [-0.1, -0.05) is 60.1 Å². The van der Waals surface area contributed by atoms with E-state index in [1.807, 2.05) is 30.3 Å². The first-order valence-corrected chi connectivity index (χ1v) is 9.25. The van der Waals surface area contributed by atoms with Crippen molar-refractivity contribution in [2.24, 2.45) is 0 Å².